The molecule has 3 aromatic rings. The number of nitrogens with zero attached hydrogens (tertiary/aromatic N) is 3. The minimum atomic E-state index is -0.862. The third-order valence-electron chi connectivity index (χ3n) is 9.60. The number of hydrogen-bond acceptors (Lipinski definition) is 5. The summed E-state index contributed by atoms with van der Waals surface area (Å²) in [4.78, 5) is 47.2. The van der Waals surface area contributed by atoms with Crippen LogP contribution < -0.4 is 5.73 Å². The van der Waals surface area contributed by atoms with Gasteiger partial charge in [0.2, 0.25) is 17.7 Å². The van der Waals surface area contributed by atoms with Gasteiger partial charge in [-0.1, -0.05) is 97.4 Å². The number of rotatable bonds is 13. The molecule has 0 saturated carbocycles. The maximum Gasteiger partial charge on any atom is 0.246 e. The summed E-state index contributed by atoms with van der Waals surface area (Å²) >= 11 is 0. The van der Waals surface area contributed by atoms with Gasteiger partial charge in [-0.2, -0.15) is 0 Å². The van der Waals surface area contributed by atoms with E-state index < -0.39 is 23.7 Å². The second kappa shape index (κ2) is 16.7. The number of likely N-dealkylation sites (N-methyl/N-ethyl adjacent to an activating group) is 2. The number of likely N-dealkylation sites (tertiary alicyclic amines) is 1. The second-order valence-corrected chi connectivity index (χ2v) is 13.6. The zero-order chi connectivity index (χ0) is 34.8. The van der Waals surface area contributed by atoms with Crippen LogP contribution in [0.1, 0.15) is 57.6 Å². The summed E-state index contributed by atoms with van der Waals surface area (Å²) in [5, 5.41) is 10.1. The van der Waals surface area contributed by atoms with Crippen LogP contribution >= 0.6 is 0 Å². The molecule has 1 saturated heterocycles. The molecule has 256 valence electrons. The Morgan fingerprint density at radius 1 is 0.854 bits per heavy atom. The van der Waals surface area contributed by atoms with Gasteiger partial charge in [0.15, 0.2) is 0 Å². The number of piperidine rings is 1. The van der Waals surface area contributed by atoms with Gasteiger partial charge < -0.3 is 25.5 Å². The van der Waals surface area contributed by atoms with Crippen molar-refractivity contribution >= 4 is 17.7 Å². The van der Waals surface area contributed by atoms with Gasteiger partial charge in [0.05, 0.1) is 6.10 Å². The number of benzene rings is 3. The third kappa shape index (κ3) is 9.87. The molecule has 3 aromatic carbocycles. The van der Waals surface area contributed by atoms with Crippen molar-refractivity contribution in [1.29, 1.82) is 0 Å². The first kappa shape index (κ1) is 36.6. The normalized spacial score (nSPS) is 16.5. The third-order valence-corrected chi connectivity index (χ3v) is 9.60. The van der Waals surface area contributed by atoms with Crippen molar-refractivity contribution in [1.82, 2.24) is 14.7 Å². The molecule has 8 heteroatoms. The lowest BCUT2D eigenvalue weighted by Crippen LogP contribution is -2.57. The van der Waals surface area contributed by atoms with E-state index in [9.17, 15) is 19.5 Å². The fourth-order valence-electron chi connectivity index (χ4n) is 6.27. The molecule has 1 aliphatic rings. The van der Waals surface area contributed by atoms with Gasteiger partial charge in [0, 0.05) is 51.6 Å². The molecule has 48 heavy (non-hydrogen) atoms. The van der Waals surface area contributed by atoms with Gasteiger partial charge in [-0.3, -0.25) is 14.4 Å². The number of aliphatic hydroxyl groups excluding tert-OH is 1. The molecule has 0 radical (unpaired) electrons. The monoisotopic (exact) mass is 652 g/mol. The summed E-state index contributed by atoms with van der Waals surface area (Å²) in [6.45, 7) is 6.75. The Bertz CT molecular complexity index is 1530. The van der Waals surface area contributed by atoms with Crippen LogP contribution in [-0.2, 0) is 27.2 Å². The highest BCUT2D eigenvalue weighted by Crippen LogP contribution is 2.23. The maximum atomic E-state index is 14.6. The number of carbonyl (C=O) groups is 3. The van der Waals surface area contributed by atoms with E-state index in [1.165, 1.54) is 9.80 Å². The fraction of sp³-hybridized carbons (Fsp3) is 0.425. The predicted molar refractivity (Wildman–Crippen MR) is 192 cm³/mol. The van der Waals surface area contributed by atoms with Crippen LogP contribution in [0.5, 0.6) is 0 Å². The molecule has 4 rings (SSSR count). The van der Waals surface area contributed by atoms with Gasteiger partial charge in [0.25, 0.3) is 0 Å². The molecular formula is C40H52N4O4. The van der Waals surface area contributed by atoms with Crippen LogP contribution in [-0.4, -0.2) is 88.4 Å². The van der Waals surface area contributed by atoms with Gasteiger partial charge in [-0.25, -0.2) is 0 Å². The molecule has 0 aromatic heterocycles. The Hall–Kier alpha value is -4.27. The van der Waals surface area contributed by atoms with Crippen molar-refractivity contribution in [2.24, 2.45) is 5.73 Å². The van der Waals surface area contributed by atoms with Crippen molar-refractivity contribution in [2.75, 3.05) is 27.2 Å². The van der Waals surface area contributed by atoms with Gasteiger partial charge in [-0.05, 0) is 61.8 Å². The highest BCUT2D eigenvalue weighted by Gasteiger charge is 2.37. The minimum Gasteiger partial charge on any atom is -0.393 e. The fourth-order valence-corrected chi connectivity index (χ4v) is 6.27. The SMILES string of the molecule is CCC(C)(N)C/C(C)=C/C(=O)N(C)[C@H](Cc1ccc(-c2ccccc2)cc1)C(=O)N(C)C(Cc1ccccc1)C(=O)N1CCC(O)CC1. The largest absolute Gasteiger partial charge is 0.393 e. The van der Waals surface area contributed by atoms with E-state index in [1.807, 2.05) is 93.6 Å². The molecule has 2 unspecified atom stereocenters. The smallest absolute Gasteiger partial charge is 0.246 e. The highest BCUT2D eigenvalue weighted by atomic mass is 16.3. The summed E-state index contributed by atoms with van der Waals surface area (Å²) in [5.41, 5.74) is 10.8. The first-order chi connectivity index (χ1) is 22.9. The Labute approximate surface area is 286 Å². The standard InChI is InChI=1S/C40H52N4O4/c1-6-40(3,41)28-29(2)25-37(46)42(4)35(27-31-17-19-33(20-18-31)32-15-11-8-12-16-32)38(47)43(5)36(26-30-13-9-7-10-14-30)39(48)44-23-21-34(45)22-24-44/h7-20,25,34-36,45H,6,21-24,26-28,41H2,1-5H3/b29-25+/t35-,36?,40?/m1/s1. The summed E-state index contributed by atoms with van der Waals surface area (Å²) in [6, 6.07) is 26.2. The molecule has 1 aliphatic heterocycles. The topological polar surface area (TPSA) is 107 Å². The minimum absolute atomic E-state index is 0.154. The van der Waals surface area contributed by atoms with Crippen LogP contribution in [0, 0.1) is 0 Å². The molecule has 0 spiro atoms. The lowest BCUT2D eigenvalue weighted by Gasteiger charge is -2.38. The van der Waals surface area contributed by atoms with Crippen molar-refractivity contribution in [3.05, 3.63) is 108 Å². The molecule has 0 bridgehead atoms. The lowest BCUT2D eigenvalue weighted by molar-refractivity contribution is -0.150. The molecule has 8 nitrogen and oxygen atoms in total. The first-order valence-corrected chi connectivity index (χ1v) is 17.0. The number of hydrogen-bond donors (Lipinski definition) is 2. The lowest BCUT2D eigenvalue weighted by atomic mass is 9.91. The van der Waals surface area contributed by atoms with E-state index in [1.54, 1.807) is 25.1 Å². The van der Waals surface area contributed by atoms with Crippen LogP contribution in [0.2, 0.25) is 0 Å². The van der Waals surface area contributed by atoms with Crippen molar-refractivity contribution in [3.8, 4) is 11.1 Å². The molecule has 1 heterocycles. The number of aliphatic hydroxyl groups is 1. The molecule has 3 amide bonds. The van der Waals surface area contributed by atoms with Crippen molar-refractivity contribution in [3.63, 3.8) is 0 Å². The zero-order valence-electron chi connectivity index (χ0n) is 29.1. The van der Waals surface area contributed by atoms with E-state index in [0.29, 0.717) is 38.8 Å². The Kier molecular flexibility index (Phi) is 12.7. The summed E-state index contributed by atoms with van der Waals surface area (Å²) < 4.78 is 0. The summed E-state index contributed by atoms with van der Waals surface area (Å²) in [7, 11) is 3.32. The van der Waals surface area contributed by atoms with E-state index in [4.69, 9.17) is 5.73 Å². The Morgan fingerprint density at radius 2 is 1.38 bits per heavy atom. The summed E-state index contributed by atoms with van der Waals surface area (Å²) in [5.74, 6) is -0.755. The zero-order valence-corrected chi connectivity index (χ0v) is 29.1. The van der Waals surface area contributed by atoms with Crippen LogP contribution in [0.15, 0.2) is 96.6 Å². The second-order valence-electron chi connectivity index (χ2n) is 13.6. The van der Waals surface area contributed by atoms with E-state index in [-0.39, 0.29) is 24.1 Å². The molecule has 1 fully saturated rings. The van der Waals surface area contributed by atoms with Crippen molar-refractivity contribution < 1.29 is 19.5 Å². The first-order valence-electron chi connectivity index (χ1n) is 17.0. The number of amides is 3. The molecule has 3 N–H and O–H groups in total. The summed E-state index contributed by atoms with van der Waals surface area (Å²) in [6.07, 6.45) is 4.09. The molecule has 0 aliphatic carbocycles. The van der Waals surface area contributed by atoms with Gasteiger partial charge in [0.1, 0.15) is 12.1 Å². The Balaban J connectivity index is 1.65. The average Bonchev–Trinajstić information content (AvgIpc) is 3.09. The number of nitrogens with two attached hydrogens (primary N) is 1. The van der Waals surface area contributed by atoms with Gasteiger partial charge >= 0.3 is 0 Å². The maximum absolute atomic E-state index is 14.6. The highest BCUT2D eigenvalue weighted by molar-refractivity contribution is 5.95. The average molecular weight is 653 g/mol. The van der Waals surface area contributed by atoms with Crippen LogP contribution in [0.4, 0.5) is 0 Å². The van der Waals surface area contributed by atoms with E-state index >= 15 is 0 Å². The number of carbonyl (C=O) groups excluding carboxylic acids is 3. The molecular weight excluding hydrogens is 600 g/mol. The quantitative estimate of drug-likeness (QED) is 0.246. The predicted octanol–water partition coefficient (Wildman–Crippen LogP) is 5.24. The van der Waals surface area contributed by atoms with Crippen molar-refractivity contribution in [2.45, 2.75) is 83.0 Å². The Morgan fingerprint density at radius 3 is 1.96 bits per heavy atom. The van der Waals surface area contributed by atoms with E-state index in [2.05, 4.69) is 12.1 Å². The van der Waals surface area contributed by atoms with Crippen LogP contribution in [0.25, 0.3) is 11.1 Å². The van der Waals surface area contributed by atoms with Crippen LogP contribution in [0.3, 0.4) is 0 Å². The molecule has 3 atom stereocenters. The van der Waals surface area contributed by atoms with Gasteiger partial charge in [-0.15, -0.1) is 0 Å². The van der Waals surface area contributed by atoms with E-state index in [0.717, 1.165) is 34.2 Å².